The maximum absolute atomic E-state index is 12.5. The molecule has 0 unspecified atom stereocenters. The van der Waals surface area contributed by atoms with E-state index in [-0.39, 0.29) is 5.91 Å². The maximum Gasteiger partial charge on any atom is 0.252 e. The van der Waals surface area contributed by atoms with Crippen LogP contribution in [-0.2, 0) is 0 Å². The van der Waals surface area contributed by atoms with Gasteiger partial charge in [0.25, 0.3) is 5.91 Å². The molecule has 1 saturated heterocycles. The van der Waals surface area contributed by atoms with E-state index in [0.717, 1.165) is 22.0 Å². The number of amides is 1. The van der Waals surface area contributed by atoms with Crippen LogP contribution in [-0.4, -0.2) is 27.9 Å². The van der Waals surface area contributed by atoms with E-state index in [2.05, 4.69) is 16.4 Å². The Kier molecular flexibility index (Phi) is 4.19. The zero-order valence-electron chi connectivity index (χ0n) is 12.1. The number of aromatic nitrogens is 1. The molecule has 2 aromatic rings. The van der Waals surface area contributed by atoms with Gasteiger partial charge in [-0.15, -0.1) is 11.3 Å². The van der Waals surface area contributed by atoms with Gasteiger partial charge in [0, 0.05) is 22.3 Å². The molecule has 1 atom stereocenters. The summed E-state index contributed by atoms with van der Waals surface area (Å²) in [6.07, 6.45) is 0.699. The fourth-order valence-corrected chi connectivity index (χ4v) is 4.27. The normalized spacial score (nSPS) is 20.5. The van der Waals surface area contributed by atoms with Crippen LogP contribution in [0.25, 0.3) is 11.3 Å². The number of hydrogen-bond donors (Lipinski definition) is 1. The van der Waals surface area contributed by atoms with Crippen molar-refractivity contribution in [1.29, 1.82) is 5.26 Å². The topological polar surface area (TPSA) is 65.8 Å². The molecule has 0 saturated carbocycles. The fourth-order valence-electron chi connectivity index (χ4n) is 2.38. The number of thiazole rings is 1. The summed E-state index contributed by atoms with van der Waals surface area (Å²) in [5.74, 6) is 1.37. The van der Waals surface area contributed by atoms with Crippen LogP contribution in [0.4, 0.5) is 0 Å². The van der Waals surface area contributed by atoms with Gasteiger partial charge in [0.15, 0.2) is 0 Å². The highest BCUT2D eigenvalue weighted by Crippen LogP contribution is 2.28. The van der Waals surface area contributed by atoms with Gasteiger partial charge < -0.3 is 5.32 Å². The molecule has 112 valence electrons. The Morgan fingerprint density at radius 3 is 3.00 bits per heavy atom. The van der Waals surface area contributed by atoms with Crippen LogP contribution in [0.1, 0.15) is 21.8 Å². The van der Waals surface area contributed by atoms with Crippen molar-refractivity contribution in [2.75, 3.05) is 11.5 Å². The molecule has 1 aliphatic heterocycles. The molecular weight excluding hydrogens is 314 g/mol. The molecule has 3 rings (SSSR count). The Labute approximate surface area is 137 Å². The molecule has 1 aromatic carbocycles. The predicted molar refractivity (Wildman–Crippen MR) is 90.0 cm³/mol. The average molecular weight is 329 g/mol. The molecule has 4 nitrogen and oxygen atoms in total. The van der Waals surface area contributed by atoms with Crippen LogP contribution in [0.3, 0.4) is 0 Å². The predicted octanol–water partition coefficient (Wildman–Crippen LogP) is 3.25. The first kappa shape index (κ1) is 15.1. The van der Waals surface area contributed by atoms with Gasteiger partial charge in [0.05, 0.1) is 16.8 Å². The molecule has 0 bridgehead atoms. The Hall–Kier alpha value is -1.84. The van der Waals surface area contributed by atoms with Crippen LogP contribution in [0.15, 0.2) is 29.6 Å². The summed E-state index contributed by atoms with van der Waals surface area (Å²) in [5.41, 5.74) is 1.64. The summed E-state index contributed by atoms with van der Waals surface area (Å²) >= 11 is 3.28. The second-order valence-corrected chi connectivity index (χ2v) is 7.45. The molecule has 1 aliphatic rings. The smallest absolute Gasteiger partial charge is 0.252 e. The van der Waals surface area contributed by atoms with Crippen molar-refractivity contribution in [3.8, 4) is 17.3 Å². The third-order valence-corrected chi connectivity index (χ3v) is 5.59. The van der Waals surface area contributed by atoms with E-state index in [4.69, 9.17) is 0 Å². The van der Waals surface area contributed by atoms with Gasteiger partial charge >= 0.3 is 0 Å². The highest BCUT2D eigenvalue weighted by molar-refractivity contribution is 7.99. The minimum atomic E-state index is -0.727. The van der Waals surface area contributed by atoms with Crippen LogP contribution < -0.4 is 5.32 Å². The SMILES string of the molecule is Cc1nc(-c2cccc(C(=O)N[C@@]3(C#N)CCSC3)c2)cs1. The summed E-state index contributed by atoms with van der Waals surface area (Å²) in [4.78, 5) is 16.9. The lowest BCUT2D eigenvalue weighted by molar-refractivity contribution is 0.0926. The van der Waals surface area contributed by atoms with Gasteiger partial charge in [-0.3, -0.25) is 4.79 Å². The zero-order chi connectivity index (χ0) is 15.6. The molecule has 0 spiro atoms. The fraction of sp³-hybridized carbons (Fsp3) is 0.312. The molecule has 1 amide bonds. The third-order valence-electron chi connectivity index (χ3n) is 3.63. The van der Waals surface area contributed by atoms with Crippen molar-refractivity contribution in [3.05, 3.63) is 40.2 Å². The average Bonchev–Trinajstić information content (AvgIpc) is 3.17. The molecule has 0 radical (unpaired) electrons. The van der Waals surface area contributed by atoms with Gasteiger partial charge in [-0.25, -0.2) is 4.98 Å². The largest absolute Gasteiger partial charge is 0.333 e. The summed E-state index contributed by atoms with van der Waals surface area (Å²) in [5, 5.41) is 15.2. The number of carbonyl (C=O) groups excluding carboxylic acids is 1. The monoisotopic (exact) mass is 329 g/mol. The van der Waals surface area contributed by atoms with Crippen LogP contribution in [0.2, 0.25) is 0 Å². The minimum Gasteiger partial charge on any atom is -0.333 e. The van der Waals surface area contributed by atoms with E-state index in [1.807, 2.05) is 30.5 Å². The number of hydrogen-bond acceptors (Lipinski definition) is 5. The number of nitrogens with zero attached hydrogens (tertiary/aromatic N) is 2. The zero-order valence-corrected chi connectivity index (χ0v) is 13.8. The van der Waals surface area contributed by atoms with Crippen LogP contribution in [0.5, 0.6) is 0 Å². The summed E-state index contributed by atoms with van der Waals surface area (Å²) in [6, 6.07) is 9.65. The van der Waals surface area contributed by atoms with E-state index >= 15 is 0 Å². The highest BCUT2D eigenvalue weighted by atomic mass is 32.2. The first-order valence-electron chi connectivity index (χ1n) is 6.96. The molecule has 0 aliphatic carbocycles. The molecule has 6 heteroatoms. The lowest BCUT2D eigenvalue weighted by Gasteiger charge is -2.21. The molecular formula is C16H15N3OS2. The molecule has 22 heavy (non-hydrogen) atoms. The summed E-state index contributed by atoms with van der Waals surface area (Å²) in [7, 11) is 0. The van der Waals surface area contributed by atoms with Gasteiger partial charge in [-0.1, -0.05) is 12.1 Å². The van der Waals surface area contributed by atoms with Crippen molar-refractivity contribution in [2.24, 2.45) is 0 Å². The van der Waals surface area contributed by atoms with E-state index < -0.39 is 5.54 Å². The minimum absolute atomic E-state index is 0.196. The summed E-state index contributed by atoms with van der Waals surface area (Å²) in [6.45, 7) is 1.96. The Balaban J connectivity index is 1.83. The van der Waals surface area contributed by atoms with E-state index in [1.165, 1.54) is 0 Å². The molecule has 1 aromatic heterocycles. The maximum atomic E-state index is 12.5. The van der Waals surface area contributed by atoms with Gasteiger partial charge in [0.1, 0.15) is 5.54 Å². The van der Waals surface area contributed by atoms with Crippen molar-refractivity contribution in [1.82, 2.24) is 10.3 Å². The lowest BCUT2D eigenvalue weighted by atomic mass is 10.00. The third kappa shape index (κ3) is 3.01. The number of aryl methyl sites for hydroxylation is 1. The Bertz CT molecular complexity index is 742. The standard InChI is InChI=1S/C16H15N3OS2/c1-11-18-14(8-22-11)12-3-2-4-13(7-12)15(20)19-16(9-17)5-6-21-10-16/h2-4,7-8H,5-6,10H2,1H3,(H,19,20)/t16-/m1/s1. The highest BCUT2D eigenvalue weighted by Gasteiger charge is 2.36. The van der Waals surface area contributed by atoms with Gasteiger partial charge in [0.2, 0.25) is 0 Å². The van der Waals surface area contributed by atoms with Crippen molar-refractivity contribution in [2.45, 2.75) is 18.9 Å². The van der Waals surface area contributed by atoms with Gasteiger partial charge in [-0.2, -0.15) is 17.0 Å². The molecule has 1 N–H and O–H groups in total. The van der Waals surface area contributed by atoms with Crippen LogP contribution >= 0.6 is 23.1 Å². The number of benzene rings is 1. The molecule has 2 heterocycles. The Morgan fingerprint density at radius 2 is 2.36 bits per heavy atom. The quantitative estimate of drug-likeness (QED) is 0.939. The number of nitriles is 1. The second kappa shape index (κ2) is 6.11. The number of thioether (sulfide) groups is 1. The van der Waals surface area contributed by atoms with Gasteiger partial charge in [-0.05, 0) is 31.2 Å². The van der Waals surface area contributed by atoms with E-state index in [9.17, 15) is 10.1 Å². The first-order chi connectivity index (χ1) is 10.6. The second-order valence-electron chi connectivity index (χ2n) is 5.28. The number of carbonyl (C=O) groups is 1. The number of nitrogens with one attached hydrogen (secondary N) is 1. The Morgan fingerprint density at radius 1 is 1.50 bits per heavy atom. The number of rotatable bonds is 3. The summed E-state index contributed by atoms with van der Waals surface area (Å²) < 4.78 is 0. The van der Waals surface area contributed by atoms with E-state index in [1.54, 1.807) is 29.2 Å². The molecule has 1 fully saturated rings. The first-order valence-corrected chi connectivity index (χ1v) is 8.99. The van der Waals surface area contributed by atoms with E-state index in [0.29, 0.717) is 17.7 Å². The lowest BCUT2D eigenvalue weighted by Crippen LogP contribution is -2.47. The van der Waals surface area contributed by atoms with Crippen molar-refractivity contribution < 1.29 is 4.79 Å². The van der Waals surface area contributed by atoms with Crippen LogP contribution in [0, 0.1) is 18.3 Å². The van der Waals surface area contributed by atoms with Crippen molar-refractivity contribution >= 4 is 29.0 Å². The van der Waals surface area contributed by atoms with Crippen molar-refractivity contribution in [3.63, 3.8) is 0 Å².